The predicted octanol–water partition coefficient (Wildman–Crippen LogP) is 1.61. The van der Waals surface area contributed by atoms with Gasteiger partial charge in [-0.3, -0.25) is 10.1 Å². The zero-order valence-corrected chi connectivity index (χ0v) is 11.2. The van der Waals surface area contributed by atoms with Crippen LogP contribution in [0.5, 0.6) is 0 Å². The zero-order valence-electron chi connectivity index (χ0n) is 11.2. The van der Waals surface area contributed by atoms with Crippen LogP contribution in [0, 0.1) is 10.1 Å². The molecule has 108 valence electrons. The van der Waals surface area contributed by atoms with Gasteiger partial charge in [-0.25, -0.2) is 14.8 Å². The topological polar surface area (TPSA) is 109 Å². The highest BCUT2D eigenvalue weighted by Gasteiger charge is 2.48. The first-order valence-electron chi connectivity index (χ1n) is 6.49. The first-order chi connectivity index (χ1) is 9.51. The fourth-order valence-electron chi connectivity index (χ4n) is 2.72. The Morgan fingerprint density at radius 2 is 2.20 bits per heavy atom. The number of hydrogen-bond acceptors (Lipinski definition) is 6. The quantitative estimate of drug-likeness (QED) is 0.644. The molecule has 2 heterocycles. The van der Waals surface area contributed by atoms with Crippen molar-refractivity contribution in [1.29, 1.82) is 0 Å². The van der Waals surface area contributed by atoms with Gasteiger partial charge >= 0.3 is 11.7 Å². The SMILES string of the molecule is CCCC1(C(=O)O)CCCN1c1ncc([N+](=O)[O-])cn1. The molecule has 1 aliphatic heterocycles. The summed E-state index contributed by atoms with van der Waals surface area (Å²) in [5, 5.41) is 20.2. The number of rotatable bonds is 5. The van der Waals surface area contributed by atoms with Crippen LogP contribution in [0.25, 0.3) is 0 Å². The molecule has 1 saturated heterocycles. The van der Waals surface area contributed by atoms with Crippen molar-refractivity contribution in [2.24, 2.45) is 0 Å². The second kappa shape index (κ2) is 5.40. The lowest BCUT2D eigenvalue weighted by molar-refractivity contribution is -0.385. The molecule has 0 bridgehead atoms. The van der Waals surface area contributed by atoms with Gasteiger partial charge in [-0.2, -0.15) is 0 Å². The Balaban J connectivity index is 2.34. The average molecular weight is 280 g/mol. The minimum absolute atomic E-state index is 0.204. The third kappa shape index (κ3) is 2.28. The molecule has 0 aliphatic carbocycles. The van der Waals surface area contributed by atoms with Crippen molar-refractivity contribution >= 4 is 17.6 Å². The van der Waals surface area contributed by atoms with Crippen molar-refractivity contribution in [2.75, 3.05) is 11.4 Å². The smallest absolute Gasteiger partial charge is 0.329 e. The third-order valence-corrected chi connectivity index (χ3v) is 3.63. The maximum Gasteiger partial charge on any atom is 0.329 e. The summed E-state index contributed by atoms with van der Waals surface area (Å²) in [5.74, 6) is -0.650. The van der Waals surface area contributed by atoms with Gasteiger partial charge in [0.25, 0.3) is 0 Å². The maximum absolute atomic E-state index is 11.7. The Morgan fingerprint density at radius 3 is 2.70 bits per heavy atom. The van der Waals surface area contributed by atoms with Crippen molar-refractivity contribution in [3.63, 3.8) is 0 Å². The number of anilines is 1. The Hall–Kier alpha value is -2.25. The molecule has 8 nitrogen and oxygen atoms in total. The van der Waals surface area contributed by atoms with E-state index in [1.165, 1.54) is 0 Å². The first kappa shape index (κ1) is 14.2. The highest BCUT2D eigenvalue weighted by atomic mass is 16.6. The highest BCUT2D eigenvalue weighted by Crippen LogP contribution is 2.36. The van der Waals surface area contributed by atoms with E-state index in [1.807, 2.05) is 6.92 Å². The lowest BCUT2D eigenvalue weighted by atomic mass is 9.91. The standard InChI is InChI=1S/C12H16N4O4/c1-2-4-12(10(17)18)5-3-6-15(12)11-13-7-9(8-14-11)16(19)20/h7-8H,2-6H2,1H3,(H,17,18). The molecule has 1 aromatic heterocycles. The molecule has 0 amide bonds. The van der Waals surface area contributed by atoms with E-state index in [4.69, 9.17) is 0 Å². The van der Waals surface area contributed by atoms with Crippen molar-refractivity contribution < 1.29 is 14.8 Å². The lowest BCUT2D eigenvalue weighted by Crippen LogP contribution is -2.51. The van der Waals surface area contributed by atoms with Crippen LogP contribution < -0.4 is 4.90 Å². The van der Waals surface area contributed by atoms with E-state index in [9.17, 15) is 20.0 Å². The Labute approximate surface area is 115 Å². The molecular weight excluding hydrogens is 264 g/mol. The summed E-state index contributed by atoms with van der Waals surface area (Å²) < 4.78 is 0. The maximum atomic E-state index is 11.7. The minimum atomic E-state index is -0.995. The molecule has 8 heteroatoms. The molecule has 2 rings (SSSR count). The number of nitrogens with zero attached hydrogens (tertiary/aromatic N) is 4. The van der Waals surface area contributed by atoms with Gasteiger partial charge in [0.15, 0.2) is 0 Å². The highest BCUT2D eigenvalue weighted by molar-refractivity contribution is 5.83. The summed E-state index contributed by atoms with van der Waals surface area (Å²) in [6.45, 7) is 2.47. The van der Waals surface area contributed by atoms with Crippen molar-refractivity contribution in [1.82, 2.24) is 9.97 Å². The number of aliphatic carboxylic acids is 1. The monoisotopic (exact) mass is 280 g/mol. The van der Waals surface area contributed by atoms with Crippen molar-refractivity contribution in [3.8, 4) is 0 Å². The summed E-state index contributed by atoms with van der Waals surface area (Å²) in [6.07, 6.45) is 4.74. The van der Waals surface area contributed by atoms with Gasteiger partial charge in [0, 0.05) is 6.54 Å². The van der Waals surface area contributed by atoms with Gasteiger partial charge in [-0.1, -0.05) is 13.3 Å². The van der Waals surface area contributed by atoms with E-state index in [0.717, 1.165) is 25.2 Å². The van der Waals surface area contributed by atoms with Gasteiger partial charge in [0.2, 0.25) is 5.95 Å². The molecule has 20 heavy (non-hydrogen) atoms. The molecule has 1 aliphatic rings. The Kier molecular flexibility index (Phi) is 3.82. The molecule has 1 aromatic rings. The largest absolute Gasteiger partial charge is 0.479 e. The van der Waals surface area contributed by atoms with Gasteiger partial charge in [0.1, 0.15) is 17.9 Å². The van der Waals surface area contributed by atoms with Crippen LogP contribution in [0.15, 0.2) is 12.4 Å². The molecule has 1 N–H and O–H groups in total. The minimum Gasteiger partial charge on any atom is -0.479 e. The molecule has 0 radical (unpaired) electrons. The Morgan fingerprint density at radius 1 is 1.55 bits per heavy atom. The fourth-order valence-corrected chi connectivity index (χ4v) is 2.72. The lowest BCUT2D eigenvalue weighted by Gasteiger charge is -2.34. The van der Waals surface area contributed by atoms with Crippen LogP contribution in [-0.2, 0) is 4.79 Å². The van der Waals surface area contributed by atoms with Gasteiger partial charge in [0.05, 0.1) is 4.92 Å². The number of hydrogen-bond donors (Lipinski definition) is 1. The summed E-state index contributed by atoms with van der Waals surface area (Å²) in [5.41, 5.74) is -1.20. The second-order valence-corrected chi connectivity index (χ2v) is 4.84. The molecule has 1 fully saturated rings. The molecule has 0 aromatic carbocycles. The van der Waals surface area contributed by atoms with E-state index in [-0.39, 0.29) is 11.6 Å². The summed E-state index contributed by atoms with van der Waals surface area (Å²) in [4.78, 5) is 31.2. The van der Waals surface area contributed by atoms with E-state index in [1.54, 1.807) is 4.90 Å². The number of carboxylic acids is 1. The normalized spacial score (nSPS) is 21.9. The van der Waals surface area contributed by atoms with E-state index in [2.05, 4.69) is 9.97 Å². The van der Waals surface area contributed by atoms with Crippen LogP contribution in [0.4, 0.5) is 11.6 Å². The van der Waals surface area contributed by atoms with Crippen LogP contribution in [0.3, 0.4) is 0 Å². The van der Waals surface area contributed by atoms with Gasteiger partial charge in [-0.05, 0) is 19.3 Å². The third-order valence-electron chi connectivity index (χ3n) is 3.63. The van der Waals surface area contributed by atoms with Crippen LogP contribution >= 0.6 is 0 Å². The van der Waals surface area contributed by atoms with Crippen molar-refractivity contribution in [2.45, 2.75) is 38.1 Å². The van der Waals surface area contributed by atoms with Crippen LogP contribution in [-0.4, -0.2) is 38.1 Å². The molecular formula is C12H16N4O4. The predicted molar refractivity (Wildman–Crippen MR) is 70.5 cm³/mol. The number of aromatic nitrogens is 2. The van der Waals surface area contributed by atoms with Gasteiger partial charge < -0.3 is 10.0 Å². The summed E-state index contributed by atoms with van der Waals surface area (Å²) in [7, 11) is 0. The zero-order chi connectivity index (χ0) is 14.8. The molecule has 0 spiro atoms. The van der Waals surface area contributed by atoms with Crippen LogP contribution in [0.1, 0.15) is 32.6 Å². The fraction of sp³-hybridized carbons (Fsp3) is 0.583. The van der Waals surface area contributed by atoms with E-state index >= 15 is 0 Å². The number of nitro groups is 1. The number of carbonyl (C=O) groups is 1. The Bertz CT molecular complexity index is 519. The number of carboxylic acid groups (broad SMARTS) is 1. The van der Waals surface area contributed by atoms with E-state index < -0.39 is 16.4 Å². The molecule has 1 atom stereocenters. The first-order valence-corrected chi connectivity index (χ1v) is 6.49. The van der Waals surface area contributed by atoms with Crippen molar-refractivity contribution in [3.05, 3.63) is 22.5 Å². The van der Waals surface area contributed by atoms with Crippen LogP contribution in [0.2, 0.25) is 0 Å². The average Bonchev–Trinajstić information content (AvgIpc) is 2.84. The van der Waals surface area contributed by atoms with E-state index in [0.29, 0.717) is 19.4 Å². The molecule has 0 saturated carbocycles. The van der Waals surface area contributed by atoms with Gasteiger partial charge in [-0.15, -0.1) is 0 Å². The summed E-state index contributed by atoms with van der Waals surface area (Å²) in [6, 6.07) is 0. The summed E-state index contributed by atoms with van der Waals surface area (Å²) >= 11 is 0. The molecule has 1 unspecified atom stereocenters. The second-order valence-electron chi connectivity index (χ2n) is 4.84.